The van der Waals surface area contributed by atoms with Crippen LogP contribution in [0.4, 0.5) is 4.39 Å². The van der Waals surface area contributed by atoms with Crippen LogP contribution >= 0.6 is 11.6 Å². The number of halogens is 2. The van der Waals surface area contributed by atoms with Gasteiger partial charge in [-0.15, -0.1) is 0 Å². The molecule has 1 heterocycles. The predicted molar refractivity (Wildman–Crippen MR) is 103 cm³/mol. The zero-order valence-electron chi connectivity index (χ0n) is 15.0. The Morgan fingerprint density at radius 2 is 1.96 bits per heavy atom. The second-order valence-electron chi connectivity index (χ2n) is 6.46. The van der Waals surface area contributed by atoms with E-state index in [-0.39, 0.29) is 22.5 Å². The smallest absolute Gasteiger partial charge is 0.242 e. The second kappa shape index (κ2) is 8.56. The molecule has 1 aliphatic rings. The molecule has 0 aromatic heterocycles. The highest BCUT2D eigenvalue weighted by molar-refractivity contribution is 7.89. The summed E-state index contributed by atoms with van der Waals surface area (Å²) in [5.74, 6) is 0.145. The van der Waals surface area contributed by atoms with Gasteiger partial charge in [0.15, 0.2) is 0 Å². The molecule has 1 N–H and O–H groups in total. The Kier molecular flexibility index (Phi) is 6.37. The Morgan fingerprint density at radius 3 is 2.63 bits per heavy atom. The summed E-state index contributed by atoms with van der Waals surface area (Å²) >= 11 is 5.93. The number of hydrogen-bond acceptors (Lipinski definition) is 4. The number of methoxy groups -OCH3 is 1. The number of benzene rings is 2. The summed E-state index contributed by atoms with van der Waals surface area (Å²) in [4.78, 5) is 2.13. The molecule has 1 fully saturated rings. The van der Waals surface area contributed by atoms with E-state index < -0.39 is 15.8 Å². The monoisotopic (exact) mass is 412 g/mol. The van der Waals surface area contributed by atoms with Crippen molar-refractivity contribution in [2.24, 2.45) is 0 Å². The summed E-state index contributed by atoms with van der Waals surface area (Å²) < 4.78 is 46.5. The highest BCUT2D eigenvalue weighted by Crippen LogP contribution is 2.28. The van der Waals surface area contributed by atoms with Crippen LogP contribution < -0.4 is 9.46 Å². The average molecular weight is 413 g/mol. The molecule has 2 aromatic rings. The second-order valence-corrected chi connectivity index (χ2v) is 8.60. The molecule has 1 aliphatic heterocycles. The first kappa shape index (κ1) is 20.1. The van der Waals surface area contributed by atoms with Gasteiger partial charge < -0.3 is 4.74 Å². The Bertz CT molecular complexity index is 902. The van der Waals surface area contributed by atoms with Gasteiger partial charge in [-0.25, -0.2) is 17.5 Å². The van der Waals surface area contributed by atoms with Gasteiger partial charge in [0, 0.05) is 12.6 Å². The third kappa shape index (κ3) is 4.79. The molecule has 27 heavy (non-hydrogen) atoms. The van der Waals surface area contributed by atoms with E-state index in [0.717, 1.165) is 49.4 Å². The van der Waals surface area contributed by atoms with Gasteiger partial charge in [0.25, 0.3) is 0 Å². The van der Waals surface area contributed by atoms with Gasteiger partial charge in [-0.3, -0.25) is 4.90 Å². The maximum absolute atomic E-state index is 13.2. The van der Waals surface area contributed by atoms with Gasteiger partial charge in [-0.1, -0.05) is 23.7 Å². The first-order chi connectivity index (χ1) is 12.9. The Balaban J connectivity index is 1.83. The van der Waals surface area contributed by atoms with Crippen molar-refractivity contribution in [1.29, 1.82) is 0 Å². The number of nitrogens with zero attached hydrogens (tertiary/aromatic N) is 1. The van der Waals surface area contributed by atoms with Crippen molar-refractivity contribution >= 4 is 21.6 Å². The van der Waals surface area contributed by atoms with Gasteiger partial charge in [-0.05, 0) is 61.8 Å². The van der Waals surface area contributed by atoms with E-state index in [0.29, 0.717) is 0 Å². The van der Waals surface area contributed by atoms with Crippen LogP contribution in [0.1, 0.15) is 24.4 Å². The fourth-order valence-corrected chi connectivity index (χ4v) is 4.89. The minimum atomic E-state index is -3.86. The molecule has 3 rings (SSSR count). The van der Waals surface area contributed by atoms with Crippen LogP contribution in [-0.2, 0) is 10.0 Å². The summed E-state index contributed by atoms with van der Waals surface area (Å²) in [7, 11) is -2.26. The molecule has 0 spiro atoms. The zero-order valence-corrected chi connectivity index (χ0v) is 16.6. The lowest BCUT2D eigenvalue weighted by Gasteiger charge is -2.28. The Morgan fingerprint density at radius 1 is 1.22 bits per heavy atom. The average Bonchev–Trinajstić information content (AvgIpc) is 3.16. The third-order valence-corrected chi connectivity index (χ3v) is 6.62. The number of rotatable bonds is 7. The minimum Gasteiger partial charge on any atom is -0.497 e. The highest BCUT2D eigenvalue weighted by atomic mass is 35.5. The summed E-state index contributed by atoms with van der Waals surface area (Å²) in [5, 5.41) is -0.137. The third-order valence-electron chi connectivity index (χ3n) is 4.71. The van der Waals surface area contributed by atoms with Gasteiger partial charge in [-0.2, -0.15) is 0 Å². The molecule has 0 bridgehead atoms. The molecule has 8 heteroatoms. The quantitative estimate of drug-likeness (QED) is 0.754. The van der Waals surface area contributed by atoms with Crippen molar-refractivity contribution in [3.05, 3.63) is 58.9 Å². The summed E-state index contributed by atoms with van der Waals surface area (Å²) in [5.41, 5.74) is 0.976. The van der Waals surface area contributed by atoms with E-state index in [2.05, 4.69) is 9.62 Å². The van der Waals surface area contributed by atoms with Crippen molar-refractivity contribution in [2.75, 3.05) is 26.7 Å². The van der Waals surface area contributed by atoms with Crippen molar-refractivity contribution < 1.29 is 17.5 Å². The van der Waals surface area contributed by atoms with Gasteiger partial charge >= 0.3 is 0 Å². The molecule has 1 atom stereocenters. The van der Waals surface area contributed by atoms with E-state index in [1.54, 1.807) is 7.11 Å². The number of likely N-dealkylation sites (tertiary alicyclic amines) is 1. The van der Waals surface area contributed by atoms with Crippen LogP contribution in [0.2, 0.25) is 5.02 Å². The number of sulfonamides is 1. The molecule has 0 aliphatic carbocycles. The molecule has 5 nitrogen and oxygen atoms in total. The lowest BCUT2D eigenvalue weighted by atomic mass is 10.1. The maximum Gasteiger partial charge on any atom is 0.242 e. The fraction of sp³-hybridized carbons (Fsp3) is 0.368. The van der Waals surface area contributed by atoms with Crippen LogP contribution in [0.15, 0.2) is 47.4 Å². The molecule has 2 aromatic carbocycles. The molecule has 0 saturated carbocycles. The Labute approximate surface area is 164 Å². The van der Waals surface area contributed by atoms with Gasteiger partial charge in [0.2, 0.25) is 10.0 Å². The first-order valence-electron chi connectivity index (χ1n) is 8.73. The molecule has 0 amide bonds. The van der Waals surface area contributed by atoms with Crippen molar-refractivity contribution in [1.82, 2.24) is 9.62 Å². The molecule has 146 valence electrons. The lowest BCUT2D eigenvalue weighted by molar-refractivity contribution is 0.246. The van der Waals surface area contributed by atoms with E-state index in [4.69, 9.17) is 16.3 Å². The van der Waals surface area contributed by atoms with Gasteiger partial charge in [0.05, 0.1) is 12.1 Å². The summed E-state index contributed by atoms with van der Waals surface area (Å²) in [6.45, 7) is 1.99. The van der Waals surface area contributed by atoms with Crippen LogP contribution in [0.25, 0.3) is 0 Å². The van der Waals surface area contributed by atoms with Crippen LogP contribution in [0.3, 0.4) is 0 Å². The predicted octanol–water partition coefficient (Wildman–Crippen LogP) is 3.60. The van der Waals surface area contributed by atoms with Crippen LogP contribution in [-0.4, -0.2) is 40.1 Å². The number of nitrogens with one attached hydrogen (secondary N) is 1. The largest absolute Gasteiger partial charge is 0.497 e. The molecular formula is C19H22ClFN2O3S. The van der Waals surface area contributed by atoms with E-state index in [1.807, 2.05) is 24.3 Å². The fourth-order valence-electron chi connectivity index (χ4n) is 3.32. The van der Waals surface area contributed by atoms with Crippen molar-refractivity contribution in [2.45, 2.75) is 23.8 Å². The number of hydrogen-bond donors (Lipinski definition) is 1. The number of ether oxygens (including phenoxy) is 1. The van der Waals surface area contributed by atoms with Crippen LogP contribution in [0, 0.1) is 5.82 Å². The first-order valence-corrected chi connectivity index (χ1v) is 10.6. The molecule has 1 unspecified atom stereocenters. The summed E-state index contributed by atoms with van der Waals surface area (Å²) in [6.07, 6.45) is 2.16. The normalized spacial score (nSPS) is 16.4. The highest BCUT2D eigenvalue weighted by Gasteiger charge is 2.26. The minimum absolute atomic E-state index is 0.128. The van der Waals surface area contributed by atoms with E-state index in [1.165, 1.54) is 6.07 Å². The van der Waals surface area contributed by atoms with Crippen molar-refractivity contribution in [3.63, 3.8) is 0 Å². The molecule has 1 saturated heterocycles. The zero-order chi connectivity index (χ0) is 19.4. The Hall–Kier alpha value is -1.67. The lowest BCUT2D eigenvalue weighted by Crippen LogP contribution is -2.36. The van der Waals surface area contributed by atoms with E-state index in [9.17, 15) is 12.8 Å². The SMILES string of the molecule is COc1cccc(C(CNS(=O)(=O)c2ccc(F)cc2Cl)N2CCCC2)c1. The standard InChI is InChI=1S/C19H22ClFN2O3S/c1-26-16-6-4-5-14(11-16)18(23-9-2-3-10-23)13-22-27(24,25)19-8-7-15(21)12-17(19)20/h4-8,11-12,18,22H,2-3,9-10,13H2,1H3. The van der Waals surface area contributed by atoms with E-state index >= 15 is 0 Å². The van der Waals surface area contributed by atoms with Crippen LogP contribution in [0.5, 0.6) is 5.75 Å². The topological polar surface area (TPSA) is 58.6 Å². The molecular weight excluding hydrogens is 391 g/mol. The summed E-state index contributed by atoms with van der Waals surface area (Å²) in [6, 6.07) is 10.8. The maximum atomic E-state index is 13.2. The van der Waals surface area contributed by atoms with Crippen molar-refractivity contribution in [3.8, 4) is 5.75 Å². The molecule has 0 radical (unpaired) electrons. The van der Waals surface area contributed by atoms with Gasteiger partial charge in [0.1, 0.15) is 16.5 Å².